The molecule has 11 heteroatoms. The third kappa shape index (κ3) is 13.1. The van der Waals surface area contributed by atoms with E-state index in [9.17, 15) is 0 Å². The molecular formula is C64H72N2S9. The van der Waals surface area contributed by atoms with Crippen molar-refractivity contribution in [1.29, 1.82) is 0 Å². The molecule has 0 aliphatic rings. The van der Waals surface area contributed by atoms with E-state index in [1.165, 1.54) is 227 Å². The summed E-state index contributed by atoms with van der Waals surface area (Å²) in [6.45, 7) is 13.8. The molecule has 392 valence electrons. The Balaban J connectivity index is 0.928. The first-order chi connectivity index (χ1) is 36.8. The normalized spacial score (nSPS) is 11.9. The van der Waals surface area contributed by atoms with Crippen molar-refractivity contribution in [3.05, 3.63) is 116 Å². The Morgan fingerprint density at radius 1 is 0.307 bits per heavy atom. The second kappa shape index (κ2) is 26.5. The van der Waals surface area contributed by atoms with Gasteiger partial charge in [-0.2, -0.15) is 11.3 Å². The van der Waals surface area contributed by atoms with Crippen LogP contribution >= 0.6 is 102 Å². The zero-order valence-electron chi connectivity index (χ0n) is 44.8. The Bertz CT molecular complexity index is 3180. The first-order valence-electron chi connectivity index (χ1n) is 27.9. The summed E-state index contributed by atoms with van der Waals surface area (Å²) in [5.74, 6) is 0. The summed E-state index contributed by atoms with van der Waals surface area (Å²) < 4.78 is 0. The van der Waals surface area contributed by atoms with E-state index in [4.69, 9.17) is 10.2 Å². The highest BCUT2D eigenvalue weighted by atomic mass is 32.1. The smallest absolute Gasteiger partial charge is 0.112 e. The summed E-state index contributed by atoms with van der Waals surface area (Å²) in [6, 6.07) is 28.8. The van der Waals surface area contributed by atoms with Crippen LogP contribution in [-0.4, -0.2) is 10.2 Å². The van der Waals surface area contributed by atoms with Crippen molar-refractivity contribution in [2.24, 2.45) is 0 Å². The zero-order chi connectivity index (χ0) is 51.7. The summed E-state index contributed by atoms with van der Waals surface area (Å²) >= 11 is 17.4. The molecule has 0 aliphatic carbocycles. The highest BCUT2D eigenvalue weighted by molar-refractivity contribution is 7.30. The largest absolute Gasteiger partial charge is 0.151 e. The van der Waals surface area contributed by atoms with E-state index < -0.39 is 0 Å². The first-order valence-corrected chi connectivity index (χ1v) is 35.4. The van der Waals surface area contributed by atoms with Gasteiger partial charge in [0.2, 0.25) is 0 Å². The average Bonchev–Trinajstić information content (AvgIpc) is 4.26. The number of rotatable bonds is 28. The van der Waals surface area contributed by atoms with Crippen molar-refractivity contribution in [2.75, 3.05) is 0 Å². The van der Waals surface area contributed by atoms with Gasteiger partial charge in [0, 0.05) is 89.8 Å². The Labute approximate surface area is 483 Å². The summed E-state index contributed by atoms with van der Waals surface area (Å²) in [4.78, 5) is 22.1. The summed E-state index contributed by atoms with van der Waals surface area (Å²) in [5.41, 5.74) is 8.02. The van der Waals surface area contributed by atoms with Crippen LogP contribution in [0.2, 0.25) is 0 Å². The standard InChI is InChI=1S/C64H72N2S9/c1-7-11-15-19-23-43-35-41(5)68-61(43)53-31-27-49(70-53)51-29-33-55(72-51)63-45(25-21-17-13-9-3)37-57(74-63)59-47-39-67-40-48(47)60(66-65-59)58-38-46(26-22-18-14-10-4)64(75-58)56-34-30-52(73-56)50-28-32-54(71-50)62-44(36-42(6)69-62)24-20-16-12-8-2/h27-40H,7-26H2,1-6H3. The summed E-state index contributed by atoms with van der Waals surface area (Å²) in [5, 5.41) is 17.5. The molecule has 0 aromatic carbocycles. The third-order valence-corrected chi connectivity index (χ3v) is 25.1. The van der Waals surface area contributed by atoms with Gasteiger partial charge in [-0.3, -0.25) is 0 Å². The number of nitrogens with zero attached hydrogens (tertiary/aromatic N) is 2. The quantitative estimate of drug-likeness (QED) is 0.0457. The van der Waals surface area contributed by atoms with Gasteiger partial charge in [-0.05, 0) is 160 Å². The SMILES string of the molecule is CCCCCCc1cc(C)sc1-c1ccc(-c2ccc(-c3sc(-c4nnc(-c5cc(CCCCCC)c(-c6ccc(-c7ccc(-c8sc(C)cc8CCCCCC)s7)s6)s5)c5cscc45)cc3CCCCCC)s2)s1. The first kappa shape index (κ1) is 55.0. The minimum atomic E-state index is 1.02. The van der Waals surface area contributed by atoms with Crippen LogP contribution in [0.1, 0.15) is 162 Å². The highest BCUT2D eigenvalue weighted by Gasteiger charge is 2.23. The molecule has 10 aromatic rings. The molecule has 0 saturated heterocycles. The van der Waals surface area contributed by atoms with Gasteiger partial charge >= 0.3 is 0 Å². The van der Waals surface area contributed by atoms with Crippen LogP contribution in [0.15, 0.2) is 83.6 Å². The van der Waals surface area contributed by atoms with E-state index in [1.54, 1.807) is 11.3 Å². The molecule has 0 amide bonds. The lowest BCUT2D eigenvalue weighted by Crippen LogP contribution is -1.91. The number of unbranched alkanes of at least 4 members (excludes halogenated alkanes) is 12. The van der Waals surface area contributed by atoms with Crippen LogP contribution in [0.4, 0.5) is 0 Å². The number of aryl methyl sites for hydroxylation is 6. The molecule has 75 heavy (non-hydrogen) atoms. The van der Waals surface area contributed by atoms with Crippen molar-refractivity contribution < 1.29 is 0 Å². The van der Waals surface area contributed by atoms with Gasteiger partial charge in [-0.1, -0.05) is 105 Å². The fourth-order valence-corrected chi connectivity index (χ4v) is 20.5. The van der Waals surface area contributed by atoms with Gasteiger partial charge in [0.25, 0.3) is 0 Å². The highest BCUT2D eigenvalue weighted by Crippen LogP contribution is 2.50. The van der Waals surface area contributed by atoms with Crippen molar-refractivity contribution in [2.45, 2.75) is 170 Å². The van der Waals surface area contributed by atoms with Gasteiger partial charge in [0.05, 0.1) is 9.75 Å². The minimum absolute atomic E-state index is 1.02. The van der Waals surface area contributed by atoms with Crippen molar-refractivity contribution in [3.63, 3.8) is 0 Å². The van der Waals surface area contributed by atoms with E-state index in [0.717, 1.165) is 24.2 Å². The predicted octanol–water partition coefficient (Wildman–Crippen LogP) is 24.6. The lowest BCUT2D eigenvalue weighted by Gasteiger charge is -2.03. The van der Waals surface area contributed by atoms with Crippen LogP contribution in [0.3, 0.4) is 0 Å². The van der Waals surface area contributed by atoms with Crippen LogP contribution in [0.5, 0.6) is 0 Å². The molecule has 10 heterocycles. The lowest BCUT2D eigenvalue weighted by atomic mass is 10.0. The molecular weight excluding hydrogens is 1090 g/mol. The molecule has 2 nitrogen and oxygen atoms in total. The maximum absolute atomic E-state index is 5.19. The van der Waals surface area contributed by atoms with Gasteiger partial charge in [-0.15, -0.1) is 101 Å². The fourth-order valence-electron chi connectivity index (χ4n) is 10.4. The molecule has 0 unspecified atom stereocenters. The Morgan fingerprint density at radius 3 is 0.920 bits per heavy atom. The minimum Gasteiger partial charge on any atom is -0.151 e. The van der Waals surface area contributed by atoms with E-state index in [0.29, 0.717) is 0 Å². The fraction of sp³-hybridized carbons (Fsp3) is 0.406. The molecule has 10 rings (SSSR count). The third-order valence-electron chi connectivity index (χ3n) is 14.4. The van der Waals surface area contributed by atoms with Crippen LogP contribution in [-0.2, 0) is 25.7 Å². The zero-order valence-corrected chi connectivity index (χ0v) is 52.1. The van der Waals surface area contributed by atoms with E-state index in [-0.39, 0.29) is 0 Å². The molecule has 0 N–H and O–H groups in total. The predicted molar refractivity (Wildman–Crippen MR) is 345 cm³/mol. The van der Waals surface area contributed by atoms with E-state index in [2.05, 4.69) is 125 Å². The van der Waals surface area contributed by atoms with Crippen molar-refractivity contribution >= 4 is 113 Å². The van der Waals surface area contributed by atoms with Crippen LogP contribution in [0.25, 0.3) is 90.4 Å². The van der Waals surface area contributed by atoms with E-state index >= 15 is 0 Å². The van der Waals surface area contributed by atoms with Gasteiger partial charge in [0.1, 0.15) is 11.4 Å². The Kier molecular flexibility index (Phi) is 19.4. The molecule has 0 atom stereocenters. The number of thiophene rings is 9. The number of hydrogen-bond donors (Lipinski definition) is 0. The second-order valence-corrected chi connectivity index (χ2v) is 30.0. The van der Waals surface area contributed by atoms with Crippen LogP contribution < -0.4 is 0 Å². The summed E-state index contributed by atoms with van der Waals surface area (Å²) in [6.07, 6.45) is 25.0. The maximum Gasteiger partial charge on any atom is 0.112 e. The molecule has 10 aromatic heterocycles. The molecule has 0 fully saturated rings. The number of hydrogen-bond acceptors (Lipinski definition) is 11. The van der Waals surface area contributed by atoms with Gasteiger partial charge in [-0.25, -0.2) is 0 Å². The average molecular weight is 1160 g/mol. The molecule has 0 spiro atoms. The monoisotopic (exact) mass is 1160 g/mol. The van der Waals surface area contributed by atoms with Gasteiger partial charge in [0.15, 0.2) is 0 Å². The maximum atomic E-state index is 5.19. The Hall–Kier alpha value is -3.36. The second-order valence-electron chi connectivity index (χ2n) is 20.3. The number of fused-ring (bicyclic) bond motifs is 1. The Morgan fingerprint density at radius 2 is 0.600 bits per heavy atom. The topological polar surface area (TPSA) is 25.8 Å². The molecule has 0 saturated carbocycles. The lowest BCUT2D eigenvalue weighted by molar-refractivity contribution is 0.668. The molecule has 0 radical (unpaired) electrons. The molecule has 0 bridgehead atoms. The number of aromatic nitrogens is 2. The van der Waals surface area contributed by atoms with Crippen molar-refractivity contribution in [1.82, 2.24) is 10.2 Å². The molecule has 0 aliphatic heterocycles. The summed E-state index contributed by atoms with van der Waals surface area (Å²) in [7, 11) is 0. The van der Waals surface area contributed by atoms with E-state index in [1.807, 2.05) is 90.7 Å². The van der Waals surface area contributed by atoms with Crippen LogP contribution in [0, 0.1) is 13.8 Å². The van der Waals surface area contributed by atoms with Gasteiger partial charge < -0.3 is 0 Å². The van der Waals surface area contributed by atoms with Crippen molar-refractivity contribution in [3.8, 4) is 79.7 Å².